The Labute approximate surface area is 175 Å². The third-order valence-corrected chi connectivity index (χ3v) is 6.10. The normalized spacial score (nSPS) is 15.1. The molecule has 1 aliphatic carbocycles. The zero-order valence-electron chi connectivity index (χ0n) is 16.7. The topological polar surface area (TPSA) is 109 Å². The number of rotatable bonds is 6. The molecule has 0 saturated heterocycles. The highest BCUT2D eigenvalue weighted by Gasteiger charge is 2.20. The molecule has 1 heterocycles. The van der Waals surface area contributed by atoms with Crippen LogP contribution in [0, 0.1) is 0 Å². The maximum absolute atomic E-state index is 11.6. The van der Waals surface area contributed by atoms with Crippen LogP contribution in [0.2, 0.25) is 0 Å². The first kappa shape index (κ1) is 20.4. The van der Waals surface area contributed by atoms with Gasteiger partial charge in [-0.3, -0.25) is 0 Å². The predicted molar refractivity (Wildman–Crippen MR) is 112 cm³/mol. The number of aromatic nitrogens is 3. The minimum Gasteiger partial charge on any atom is -0.497 e. The Balaban J connectivity index is 1.72. The fourth-order valence-electron chi connectivity index (χ4n) is 3.56. The van der Waals surface area contributed by atoms with Gasteiger partial charge in [0.1, 0.15) is 11.9 Å². The number of methoxy groups -OCH3 is 1. The number of hydrogen-bond acceptors (Lipinski definition) is 6. The summed E-state index contributed by atoms with van der Waals surface area (Å²) in [4.78, 5) is 4.66. The van der Waals surface area contributed by atoms with E-state index >= 15 is 0 Å². The first-order valence-corrected chi connectivity index (χ1v) is 11.4. The van der Waals surface area contributed by atoms with Gasteiger partial charge >= 0.3 is 6.01 Å². The molecule has 3 aromatic rings. The molecule has 1 fully saturated rings. The molecule has 0 spiro atoms. The molecule has 2 N–H and O–H groups in total. The summed E-state index contributed by atoms with van der Waals surface area (Å²) >= 11 is 0. The fourth-order valence-corrected chi connectivity index (χ4v) is 4.07. The molecule has 9 heteroatoms. The molecule has 8 nitrogen and oxygen atoms in total. The number of nitrogens with zero attached hydrogens (tertiary/aromatic N) is 3. The van der Waals surface area contributed by atoms with Gasteiger partial charge in [0.2, 0.25) is 10.0 Å². The number of hydrogen-bond donors (Lipinski definition) is 1. The van der Waals surface area contributed by atoms with Crippen LogP contribution in [-0.4, -0.2) is 36.4 Å². The average Bonchev–Trinajstić information content (AvgIpc) is 3.18. The molecule has 30 heavy (non-hydrogen) atoms. The van der Waals surface area contributed by atoms with E-state index in [9.17, 15) is 8.42 Å². The molecule has 0 bridgehead atoms. The lowest BCUT2D eigenvalue weighted by Gasteiger charge is -2.20. The zero-order chi connectivity index (χ0) is 21.1. The van der Waals surface area contributed by atoms with Crippen molar-refractivity contribution in [3.05, 3.63) is 48.5 Å². The van der Waals surface area contributed by atoms with Crippen molar-refractivity contribution >= 4 is 10.0 Å². The summed E-state index contributed by atoms with van der Waals surface area (Å²) in [7, 11) is -2.16. The molecule has 1 aromatic heterocycles. The Hall–Kier alpha value is -2.91. The molecule has 0 unspecified atom stereocenters. The Kier molecular flexibility index (Phi) is 5.74. The summed E-state index contributed by atoms with van der Waals surface area (Å²) in [6.07, 6.45) is 5.63. The van der Waals surface area contributed by atoms with Crippen molar-refractivity contribution in [3.63, 3.8) is 0 Å². The molecule has 158 valence electrons. The quantitative estimate of drug-likeness (QED) is 0.645. The summed E-state index contributed by atoms with van der Waals surface area (Å²) in [6, 6.07) is 14.0. The number of sulfonamides is 1. The smallest absolute Gasteiger partial charge is 0.336 e. The first-order chi connectivity index (χ1) is 14.4. The van der Waals surface area contributed by atoms with Crippen molar-refractivity contribution in [1.29, 1.82) is 0 Å². The van der Waals surface area contributed by atoms with Crippen molar-refractivity contribution in [2.45, 2.75) is 43.1 Å². The van der Waals surface area contributed by atoms with Crippen molar-refractivity contribution in [2.24, 2.45) is 5.14 Å². The highest BCUT2D eigenvalue weighted by molar-refractivity contribution is 7.89. The highest BCUT2D eigenvalue weighted by Crippen LogP contribution is 2.28. The maximum Gasteiger partial charge on any atom is 0.336 e. The van der Waals surface area contributed by atoms with Gasteiger partial charge in [0.25, 0.3) is 0 Å². The van der Waals surface area contributed by atoms with Crippen molar-refractivity contribution in [1.82, 2.24) is 14.8 Å². The number of ether oxygens (including phenoxy) is 2. The van der Waals surface area contributed by atoms with E-state index in [0.717, 1.165) is 37.0 Å². The highest BCUT2D eigenvalue weighted by atomic mass is 32.2. The first-order valence-electron chi connectivity index (χ1n) is 9.85. The van der Waals surface area contributed by atoms with E-state index in [1.54, 1.807) is 23.9 Å². The van der Waals surface area contributed by atoms with Crippen LogP contribution in [0.4, 0.5) is 0 Å². The minimum absolute atomic E-state index is 0.0380. The summed E-state index contributed by atoms with van der Waals surface area (Å²) in [5.41, 5.74) is 1.48. The molecule has 1 saturated carbocycles. The second-order valence-electron chi connectivity index (χ2n) is 7.28. The zero-order valence-corrected chi connectivity index (χ0v) is 17.5. The Bertz CT molecular complexity index is 1100. The average molecular weight is 429 g/mol. The van der Waals surface area contributed by atoms with Crippen LogP contribution in [-0.2, 0) is 10.0 Å². The van der Waals surface area contributed by atoms with Crippen LogP contribution >= 0.6 is 0 Å². The SMILES string of the molecule is COc1ccc(-c2nc(OC3CCCCC3)nn2-c2ccc(S(N)(=O)=O)cc2)cc1. The molecular weight excluding hydrogens is 404 g/mol. The van der Waals surface area contributed by atoms with Crippen molar-refractivity contribution in [2.75, 3.05) is 7.11 Å². The minimum atomic E-state index is -3.77. The van der Waals surface area contributed by atoms with Gasteiger partial charge in [0.15, 0.2) is 5.82 Å². The van der Waals surface area contributed by atoms with Gasteiger partial charge < -0.3 is 9.47 Å². The third-order valence-electron chi connectivity index (χ3n) is 5.17. The van der Waals surface area contributed by atoms with Gasteiger partial charge in [0.05, 0.1) is 17.7 Å². The van der Waals surface area contributed by atoms with E-state index < -0.39 is 10.0 Å². The van der Waals surface area contributed by atoms with Crippen molar-refractivity contribution in [3.8, 4) is 28.8 Å². The van der Waals surface area contributed by atoms with E-state index in [-0.39, 0.29) is 11.0 Å². The van der Waals surface area contributed by atoms with E-state index in [2.05, 4.69) is 10.1 Å². The lowest BCUT2D eigenvalue weighted by atomic mass is 9.98. The van der Waals surface area contributed by atoms with E-state index in [4.69, 9.17) is 14.6 Å². The Morgan fingerprint density at radius 1 is 1.00 bits per heavy atom. The lowest BCUT2D eigenvalue weighted by Crippen LogP contribution is -2.20. The Morgan fingerprint density at radius 2 is 1.67 bits per heavy atom. The van der Waals surface area contributed by atoms with Crippen molar-refractivity contribution < 1.29 is 17.9 Å². The molecule has 4 rings (SSSR count). The largest absolute Gasteiger partial charge is 0.497 e. The molecule has 0 amide bonds. The molecule has 1 aliphatic rings. The molecule has 0 radical (unpaired) electrons. The van der Waals surface area contributed by atoms with E-state index in [1.807, 2.05) is 24.3 Å². The number of nitrogens with two attached hydrogens (primary N) is 1. The van der Waals surface area contributed by atoms with Crippen LogP contribution < -0.4 is 14.6 Å². The van der Waals surface area contributed by atoms with E-state index in [1.165, 1.54) is 18.6 Å². The Morgan fingerprint density at radius 3 is 2.27 bits per heavy atom. The van der Waals surface area contributed by atoms with Crippen LogP contribution in [0.15, 0.2) is 53.4 Å². The molecule has 0 atom stereocenters. The molecule has 2 aromatic carbocycles. The van der Waals surface area contributed by atoms with Crippen LogP contribution in [0.25, 0.3) is 17.1 Å². The van der Waals surface area contributed by atoms with Gasteiger partial charge in [-0.25, -0.2) is 18.2 Å². The molecular formula is C21H24N4O4S. The number of primary sulfonamides is 1. The predicted octanol–water partition coefficient (Wildman–Crippen LogP) is 3.30. The van der Waals surface area contributed by atoms with Gasteiger partial charge in [-0.05, 0) is 74.2 Å². The van der Waals surface area contributed by atoms with Gasteiger partial charge in [-0.2, -0.15) is 4.98 Å². The van der Waals surface area contributed by atoms with Gasteiger partial charge in [0, 0.05) is 5.56 Å². The summed E-state index contributed by atoms with van der Waals surface area (Å²) in [5, 5.41) is 9.76. The lowest BCUT2D eigenvalue weighted by molar-refractivity contribution is 0.142. The van der Waals surface area contributed by atoms with Crippen LogP contribution in [0.5, 0.6) is 11.8 Å². The second kappa shape index (κ2) is 8.45. The standard InChI is InChI=1S/C21H24N4O4S/c1-28-17-11-7-15(8-12-17)20-23-21(29-18-5-3-2-4-6-18)24-25(20)16-9-13-19(14-10-16)30(22,26)27/h7-14,18H,2-6H2,1H3,(H2,22,26,27). The fraction of sp³-hybridized carbons (Fsp3) is 0.333. The van der Waals surface area contributed by atoms with E-state index in [0.29, 0.717) is 17.5 Å². The second-order valence-corrected chi connectivity index (χ2v) is 8.84. The van der Waals surface area contributed by atoms with Crippen LogP contribution in [0.1, 0.15) is 32.1 Å². The summed E-state index contributed by atoms with van der Waals surface area (Å²) in [6.45, 7) is 0. The van der Waals surface area contributed by atoms with Gasteiger partial charge in [-0.15, -0.1) is 5.10 Å². The summed E-state index contributed by atoms with van der Waals surface area (Å²) in [5.74, 6) is 1.33. The van der Waals surface area contributed by atoms with Gasteiger partial charge in [-0.1, -0.05) is 6.42 Å². The third kappa shape index (κ3) is 4.47. The molecule has 0 aliphatic heterocycles. The number of benzene rings is 2. The summed E-state index contributed by atoms with van der Waals surface area (Å²) < 4.78 is 36.1. The monoisotopic (exact) mass is 428 g/mol. The van der Waals surface area contributed by atoms with Crippen LogP contribution in [0.3, 0.4) is 0 Å². The maximum atomic E-state index is 11.6.